The van der Waals surface area contributed by atoms with E-state index in [-0.39, 0.29) is 0 Å². The zero-order valence-electron chi connectivity index (χ0n) is 17.3. The van der Waals surface area contributed by atoms with Crippen LogP contribution in [-0.2, 0) is 22.4 Å². The lowest BCUT2D eigenvalue weighted by Gasteiger charge is -2.14. The Kier molecular flexibility index (Phi) is 7.37. The quantitative estimate of drug-likeness (QED) is 0.333. The Morgan fingerprint density at radius 1 is 0.759 bits per heavy atom. The monoisotopic (exact) mass is 394 g/mol. The molecule has 152 valence electrons. The maximum atomic E-state index is 11.8. The predicted molar refractivity (Wildman–Crippen MR) is 113 cm³/mol. The predicted octanol–water partition coefficient (Wildman–Crippen LogP) is 5.57. The van der Waals surface area contributed by atoms with Gasteiger partial charge in [-0.1, -0.05) is 27.0 Å². The summed E-state index contributed by atoms with van der Waals surface area (Å²) in [6, 6.07) is 10.6. The fourth-order valence-electron chi connectivity index (χ4n) is 2.50. The lowest BCUT2D eigenvalue weighted by molar-refractivity contribution is -0.131. The first kappa shape index (κ1) is 22.0. The lowest BCUT2D eigenvalue weighted by atomic mass is 10.1. The van der Waals surface area contributed by atoms with Crippen molar-refractivity contribution in [1.29, 1.82) is 0 Å². The van der Waals surface area contributed by atoms with Gasteiger partial charge in [0.15, 0.2) is 0 Å². The molecular formula is C24H26O5. The van der Waals surface area contributed by atoms with Gasteiger partial charge in [0.2, 0.25) is 0 Å². The van der Waals surface area contributed by atoms with Gasteiger partial charge in [0, 0.05) is 11.1 Å². The number of carbonyl (C=O) groups is 2. The molecule has 0 bridgehead atoms. The molecular weight excluding hydrogens is 368 g/mol. The summed E-state index contributed by atoms with van der Waals surface area (Å²) < 4.78 is 16.7. The normalized spacial score (nSPS) is 10.2. The first-order valence-corrected chi connectivity index (χ1v) is 9.44. The van der Waals surface area contributed by atoms with Crippen LogP contribution in [0.2, 0.25) is 0 Å². The smallest absolute Gasteiger partial charge is 0.338 e. The molecule has 0 saturated heterocycles. The fraction of sp³-hybridized carbons (Fsp3) is 0.250. The molecule has 5 heteroatoms. The SMILES string of the molecule is C=C(C)C(=O)Oc1ccc(Oc2ccc(OC(=O)C(=C)C)c(CC)c2)cc1CC. The standard InChI is InChI=1S/C24H26O5/c1-7-17-13-19(9-11-21(17)28-23(25)15(3)4)27-20-10-12-22(18(8-2)14-20)29-24(26)16(5)6/h9-14H,3,5,7-8H2,1-2,4,6H3. The minimum Gasteiger partial charge on any atom is -0.457 e. The van der Waals surface area contributed by atoms with E-state index in [0.29, 0.717) is 47.0 Å². The summed E-state index contributed by atoms with van der Waals surface area (Å²) in [6.07, 6.45) is 1.35. The molecule has 0 unspecified atom stereocenters. The lowest BCUT2D eigenvalue weighted by Crippen LogP contribution is -2.10. The average molecular weight is 394 g/mol. The van der Waals surface area contributed by atoms with E-state index >= 15 is 0 Å². The first-order chi connectivity index (χ1) is 13.7. The Morgan fingerprint density at radius 2 is 1.14 bits per heavy atom. The number of carbonyl (C=O) groups excluding carboxylic acids is 2. The molecule has 2 aromatic rings. The second-order valence-electron chi connectivity index (χ2n) is 6.69. The van der Waals surface area contributed by atoms with Gasteiger partial charge >= 0.3 is 11.9 Å². The Hall–Kier alpha value is -3.34. The molecule has 2 rings (SSSR count). The van der Waals surface area contributed by atoms with Crippen LogP contribution in [0.15, 0.2) is 60.7 Å². The summed E-state index contributed by atoms with van der Waals surface area (Å²) in [7, 11) is 0. The highest BCUT2D eigenvalue weighted by molar-refractivity contribution is 5.89. The van der Waals surface area contributed by atoms with Crippen LogP contribution in [0.4, 0.5) is 0 Å². The molecule has 29 heavy (non-hydrogen) atoms. The molecule has 0 aliphatic rings. The molecule has 5 nitrogen and oxygen atoms in total. The highest BCUT2D eigenvalue weighted by Gasteiger charge is 2.13. The molecule has 0 amide bonds. The van der Waals surface area contributed by atoms with Crippen LogP contribution in [0, 0.1) is 0 Å². The molecule has 0 aliphatic carbocycles. The highest BCUT2D eigenvalue weighted by Crippen LogP contribution is 2.31. The molecule has 0 heterocycles. The zero-order chi connectivity index (χ0) is 21.6. The summed E-state index contributed by atoms with van der Waals surface area (Å²) in [5.74, 6) is 1.30. The molecule has 0 radical (unpaired) electrons. The van der Waals surface area contributed by atoms with Crippen LogP contribution >= 0.6 is 0 Å². The van der Waals surface area contributed by atoms with Gasteiger partial charge in [-0.25, -0.2) is 9.59 Å². The maximum absolute atomic E-state index is 11.8. The third-order valence-corrected chi connectivity index (χ3v) is 4.16. The van der Waals surface area contributed by atoms with E-state index in [1.807, 2.05) is 26.0 Å². The second kappa shape index (κ2) is 9.73. The molecule has 0 atom stereocenters. The van der Waals surface area contributed by atoms with Gasteiger partial charge in [0.1, 0.15) is 23.0 Å². The van der Waals surface area contributed by atoms with Crippen LogP contribution in [0.1, 0.15) is 38.8 Å². The van der Waals surface area contributed by atoms with Gasteiger partial charge in [0.25, 0.3) is 0 Å². The van der Waals surface area contributed by atoms with E-state index in [1.165, 1.54) is 0 Å². The Morgan fingerprint density at radius 3 is 1.45 bits per heavy atom. The van der Waals surface area contributed by atoms with Gasteiger partial charge in [-0.05, 0) is 74.2 Å². The largest absolute Gasteiger partial charge is 0.457 e. The van der Waals surface area contributed by atoms with Crippen molar-refractivity contribution in [3.63, 3.8) is 0 Å². The summed E-state index contributed by atoms with van der Waals surface area (Å²) in [5.41, 5.74) is 2.37. The second-order valence-corrected chi connectivity index (χ2v) is 6.69. The van der Waals surface area contributed by atoms with Crippen molar-refractivity contribution in [2.45, 2.75) is 40.5 Å². The number of esters is 2. The van der Waals surface area contributed by atoms with Crippen molar-refractivity contribution < 1.29 is 23.8 Å². The van der Waals surface area contributed by atoms with Crippen molar-refractivity contribution >= 4 is 11.9 Å². The third kappa shape index (κ3) is 5.82. The molecule has 0 aliphatic heterocycles. The average Bonchev–Trinajstić information content (AvgIpc) is 2.69. The highest BCUT2D eigenvalue weighted by atomic mass is 16.5. The summed E-state index contributed by atoms with van der Waals surface area (Å²) in [4.78, 5) is 23.6. The van der Waals surface area contributed by atoms with Gasteiger partial charge in [0.05, 0.1) is 0 Å². The minimum atomic E-state index is -0.458. The third-order valence-electron chi connectivity index (χ3n) is 4.16. The Bertz CT molecular complexity index is 878. The van der Waals surface area contributed by atoms with Crippen LogP contribution < -0.4 is 14.2 Å². The van der Waals surface area contributed by atoms with Crippen molar-refractivity contribution in [1.82, 2.24) is 0 Å². The summed E-state index contributed by atoms with van der Waals surface area (Å²) in [6.45, 7) is 14.3. The van der Waals surface area contributed by atoms with Crippen molar-refractivity contribution in [2.75, 3.05) is 0 Å². The van der Waals surface area contributed by atoms with Gasteiger partial charge < -0.3 is 14.2 Å². The van der Waals surface area contributed by atoms with Crippen LogP contribution in [-0.4, -0.2) is 11.9 Å². The Balaban J connectivity index is 2.22. The van der Waals surface area contributed by atoms with Crippen molar-refractivity contribution in [3.05, 3.63) is 71.8 Å². The van der Waals surface area contributed by atoms with Gasteiger partial charge in [-0.3, -0.25) is 0 Å². The molecule has 2 aromatic carbocycles. The van der Waals surface area contributed by atoms with Gasteiger partial charge in [-0.2, -0.15) is 0 Å². The first-order valence-electron chi connectivity index (χ1n) is 9.44. The number of rotatable bonds is 8. The van der Waals surface area contributed by atoms with E-state index < -0.39 is 11.9 Å². The number of ether oxygens (including phenoxy) is 3. The van der Waals surface area contributed by atoms with Gasteiger partial charge in [-0.15, -0.1) is 0 Å². The molecule has 0 aromatic heterocycles. The van der Waals surface area contributed by atoms with Crippen LogP contribution in [0.3, 0.4) is 0 Å². The zero-order valence-corrected chi connectivity index (χ0v) is 17.3. The van der Waals surface area contributed by atoms with E-state index in [4.69, 9.17) is 14.2 Å². The van der Waals surface area contributed by atoms with E-state index in [1.54, 1.807) is 38.1 Å². The van der Waals surface area contributed by atoms with Crippen LogP contribution in [0.5, 0.6) is 23.0 Å². The molecule has 0 N–H and O–H groups in total. The Labute approximate surface area is 171 Å². The number of aryl methyl sites for hydroxylation is 2. The molecule has 0 fully saturated rings. The van der Waals surface area contributed by atoms with E-state index in [9.17, 15) is 9.59 Å². The van der Waals surface area contributed by atoms with Crippen molar-refractivity contribution in [3.8, 4) is 23.0 Å². The topological polar surface area (TPSA) is 61.8 Å². The summed E-state index contributed by atoms with van der Waals surface area (Å²) in [5, 5.41) is 0. The maximum Gasteiger partial charge on any atom is 0.338 e. The molecule has 0 saturated carbocycles. The van der Waals surface area contributed by atoms with Crippen molar-refractivity contribution in [2.24, 2.45) is 0 Å². The summed E-state index contributed by atoms with van der Waals surface area (Å²) >= 11 is 0. The minimum absolute atomic E-state index is 0.340. The number of hydrogen-bond acceptors (Lipinski definition) is 5. The number of benzene rings is 2. The van der Waals surface area contributed by atoms with E-state index in [0.717, 1.165) is 11.1 Å². The van der Waals surface area contributed by atoms with Crippen LogP contribution in [0.25, 0.3) is 0 Å². The number of hydrogen-bond donors (Lipinski definition) is 0. The molecule has 0 spiro atoms. The van der Waals surface area contributed by atoms with E-state index in [2.05, 4.69) is 13.2 Å². The fourth-order valence-corrected chi connectivity index (χ4v) is 2.50.